The zero-order valence-electron chi connectivity index (χ0n) is 14.4. The van der Waals surface area contributed by atoms with Crippen LogP contribution in [0.4, 0.5) is 0 Å². The van der Waals surface area contributed by atoms with E-state index >= 15 is 0 Å². The summed E-state index contributed by atoms with van der Waals surface area (Å²) in [4.78, 5) is 13.4. The SMILES string of the molecule is Cc1c(C(=O)NCCc2nnc3n2CCCCC3)sc2ccccc12. The monoisotopic (exact) mass is 354 g/mol. The van der Waals surface area contributed by atoms with Crippen LogP contribution in [0.25, 0.3) is 10.1 Å². The van der Waals surface area contributed by atoms with Gasteiger partial charge < -0.3 is 9.88 Å². The number of aromatic nitrogens is 3. The minimum absolute atomic E-state index is 0.00862. The summed E-state index contributed by atoms with van der Waals surface area (Å²) in [5, 5.41) is 12.9. The number of hydrogen-bond acceptors (Lipinski definition) is 4. The maximum atomic E-state index is 12.6. The number of thiophene rings is 1. The van der Waals surface area contributed by atoms with Gasteiger partial charge in [-0.15, -0.1) is 21.5 Å². The molecular weight excluding hydrogens is 332 g/mol. The number of benzene rings is 1. The summed E-state index contributed by atoms with van der Waals surface area (Å²) in [6, 6.07) is 8.16. The molecule has 6 heteroatoms. The Morgan fingerprint density at radius 1 is 1.24 bits per heavy atom. The number of fused-ring (bicyclic) bond motifs is 2. The second-order valence-corrected chi connectivity index (χ2v) is 7.61. The number of nitrogens with one attached hydrogen (secondary N) is 1. The van der Waals surface area contributed by atoms with Crippen LogP contribution in [0.15, 0.2) is 24.3 Å². The number of rotatable bonds is 4. The van der Waals surface area contributed by atoms with Crippen LogP contribution in [-0.4, -0.2) is 27.2 Å². The molecule has 4 rings (SSSR count). The average Bonchev–Trinajstić information content (AvgIpc) is 3.07. The van der Waals surface area contributed by atoms with Crippen molar-refractivity contribution in [3.05, 3.63) is 46.4 Å². The molecule has 0 atom stereocenters. The molecule has 5 nitrogen and oxygen atoms in total. The molecule has 3 heterocycles. The summed E-state index contributed by atoms with van der Waals surface area (Å²) in [5.41, 5.74) is 1.06. The molecule has 130 valence electrons. The normalized spacial score (nSPS) is 14.3. The maximum Gasteiger partial charge on any atom is 0.261 e. The van der Waals surface area contributed by atoms with E-state index in [0.717, 1.165) is 46.2 Å². The van der Waals surface area contributed by atoms with E-state index in [-0.39, 0.29) is 5.91 Å². The molecule has 0 radical (unpaired) electrons. The summed E-state index contributed by atoms with van der Waals surface area (Å²) in [6.45, 7) is 3.61. The van der Waals surface area contributed by atoms with Gasteiger partial charge >= 0.3 is 0 Å². The predicted octanol–water partition coefficient (Wildman–Crippen LogP) is 3.50. The molecule has 0 bridgehead atoms. The van der Waals surface area contributed by atoms with E-state index in [1.807, 2.05) is 19.1 Å². The molecule has 1 N–H and O–H groups in total. The van der Waals surface area contributed by atoms with Crippen molar-refractivity contribution in [2.75, 3.05) is 6.54 Å². The zero-order valence-corrected chi connectivity index (χ0v) is 15.2. The summed E-state index contributed by atoms with van der Waals surface area (Å²) in [6.07, 6.45) is 5.37. The van der Waals surface area contributed by atoms with Crippen LogP contribution in [0.1, 0.15) is 46.1 Å². The van der Waals surface area contributed by atoms with Crippen molar-refractivity contribution in [3.63, 3.8) is 0 Å². The number of carbonyl (C=O) groups is 1. The van der Waals surface area contributed by atoms with Crippen molar-refractivity contribution in [1.82, 2.24) is 20.1 Å². The average molecular weight is 354 g/mol. The van der Waals surface area contributed by atoms with Crippen LogP contribution < -0.4 is 5.32 Å². The summed E-state index contributed by atoms with van der Waals surface area (Å²) in [5.74, 6) is 2.10. The van der Waals surface area contributed by atoms with E-state index in [1.165, 1.54) is 24.6 Å². The van der Waals surface area contributed by atoms with E-state index < -0.39 is 0 Å². The maximum absolute atomic E-state index is 12.6. The van der Waals surface area contributed by atoms with Gasteiger partial charge in [0.05, 0.1) is 4.88 Å². The third-order valence-electron chi connectivity index (χ3n) is 4.87. The first kappa shape index (κ1) is 16.3. The molecule has 1 aliphatic heterocycles. The highest BCUT2D eigenvalue weighted by atomic mass is 32.1. The second-order valence-electron chi connectivity index (χ2n) is 6.55. The third-order valence-corrected chi connectivity index (χ3v) is 6.14. The minimum Gasteiger partial charge on any atom is -0.351 e. The molecule has 0 saturated heterocycles. The van der Waals surface area contributed by atoms with Gasteiger partial charge in [0.2, 0.25) is 0 Å². The molecule has 2 aromatic heterocycles. The molecule has 0 saturated carbocycles. The van der Waals surface area contributed by atoms with Crippen LogP contribution in [0, 0.1) is 6.92 Å². The predicted molar refractivity (Wildman–Crippen MR) is 100 cm³/mol. The van der Waals surface area contributed by atoms with Crippen molar-refractivity contribution in [2.45, 2.75) is 45.6 Å². The van der Waals surface area contributed by atoms with Crippen molar-refractivity contribution in [3.8, 4) is 0 Å². The Balaban J connectivity index is 1.42. The van der Waals surface area contributed by atoms with Gasteiger partial charge in [-0.1, -0.05) is 24.6 Å². The number of amides is 1. The first-order valence-corrected chi connectivity index (χ1v) is 9.73. The van der Waals surface area contributed by atoms with E-state index in [1.54, 1.807) is 11.3 Å². The molecule has 25 heavy (non-hydrogen) atoms. The van der Waals surface area contributed by atoms with Crippen LogP contribution in [0.2, 0.25) is 0 Å². The Morgan fingerprint density at radius 2 is 2.12 bits per heavy atom. The highest BCUT2D eigenvalue weighted by Crippen LogP contribution is 2.30. The minimum atomic E-state index is 0.00862. The topological polar surface area (TPSA) is 59.8 Å². The lowest BCUT2D eigenvalue weighted by molar-refractivity contribution is 0.0957. The van der Waals surface area contributed by atoms with Gasteiger partial charge in [-0.05, 0) is 36.8 Å². The summed E-state index contributed by atoms with van der Waals surface area (Å²) < 4.78 is 3.40. The zero-order chi connectivity index (χ0) is 17.2. The fourth-order valence-electron chi connectivity index (χ4n) is 3.49. The quantitative estimate of drug-likeness (QED) is 0.780. The summed E-state index contributed by atoms with van der Waals surface area (Å²) >= 11 is 1.56. The fraction of sp³-hybridized carbons (Fsp3) is 0.421. The molecule has 0 aliphatic carbocycles. The summed E-state index contributed by atoms with van der Waals surface area (Å²) in [7, 11) is 0. The number of nitrogens with zero attached hydrogens (tertiary/aromatic N) is 3. The molecular formula is C19H22N4OS. The molecule has 0 unspecified atom stereocenters. The van der Waals surface area contributed by atoms with Crippen LogP contribution in [0.3, 0.4) is 0 Å². The lowest BCUT2D eigenvalue weighted by Crippen LogP contribution is -2.26. The highest BCUT2D eigenvalue weighted by Gasteiger charge is 2.17. The number of hydrogen-bond donors (Lipinski definition) is 1. The van der Waals surface area contributed by atoms with Gasteiger partial charge in [0, 0.05) is 30.6 Å². The van der Waals surface area contributed by atoms with Crippen molar-refractivity contribution in [1.29, 1.82) is 0 Å². The lowest BCUT2D eigenvalue weighted by Gasteiger charge is -2.08. The van der Waals surface area contributed by atoms with Crippen LogP contribution in [-0.2, 0) is 19.4 Å². The smallest absolute Gasteiger partial charge is 0.261 e. The van der Waals surface area contributed by atoms with E-state index in [4.69, 9.17) is 0 Å². The first-order chi connectivity index (χ1) is 12.2. The van der Waals surface area contributed by atoms with Crippen LogP contribution >= 0.6 is 11.3 Å². The van der Waals surface area contributed by atoms with Crippen molar-refractivity contribution < 1.29 is 4.79 Å². The van der Waals surface area contributed by atoms with Gasteiger partial charge in [-0.25, -0.2) is 0 Å². The van der Waals surface area contributed by atoms with Gasteiger partial charge in [-0.2, -0.15) is 0 Å². The Kier molecular flexibility index (Phi) is 4.53. The van der Waals surface area contributed by atoms with E-state index in [0.29, 0.717) is 6.54 Å². The Morgan fingerprint density at radius 3 is 3.00 bits per heavy atom. The highest BCUT2D eigenvalue weighted by molar-refractivity contribution is 7.21. The Hall–Kier alpha value is -2.21. The van der Waals surface area contributed by atoms with Gasteiger partial charge in [0.1, 0.15) is 11.6 Å². The van der Waals surface area contributed by atoms with E-state index in [2.05, 4.69) is 32.2 Å². The van der Waals surface area contributed by atoms with Gasteiger partial charge in [0.15, 0.2) is 0 Å². The van der Waals surface area contributed by atoms with Gasteiger partial charge in [-0.3, -0.25) is 4.79 Å². The molecule has 1 aromatic carbocycles. The largest absolute Gasteiger partial charge is 0.351 e. The fourth-order valence-corrected chi connectivity index (χ4v) is 4.61. The second kappa shape index (κ2) is 6.96. The van der Waals surface area contributed by atoms with E-state index in [9.17, 15) is 4.79 Å². The lowest BCUT2D eigenvalue weighted by atomic mass is 10.1. The first-order valence-electron chi connectivity index (χ1n) is 8.91. The molecule has 3 aromatic rings. The Bertz CT molecular complexity index is 911. The van der Waals surface area contributed by atoms with Crippen LogP contribution in [0.5, 0.6) is 0 Å². The molecule has 1 amide bonds. The van der Waals surface area contributed by atoms with Crippen molar-refractivity contribution in [2.24, 2.45) is 0 Å². The number of aryl methyl sites for hydroxylation is 2. The molecule has 0 spiro atoms. The van der Waals surface area contributed by atoms with Gasteiger partial charge in [0.25, 0.3) is 5.91 Å². The Labute approximate surface area is 151 Å². The molecule has 1 aliphatic rings. The molecule has 0 fully saturated rings. The standard InChI is InChI=1S/C19H22N4OS/c1-13-14-7-4-5-8-15(14)25-18(13)19(24)20-11-10-17-22-21-16-9-3-2-6-12-23(16)17/h4-5,7-8H,2-3,6,9-12H2,1H3,(H,20,24). The van der Waals surface area contributed by atoms with Crippen molar-refractivity contribution >= 4 is 27.3 Å². The third kappa shape index (κ3) is 3.18. The number of carbonyl (C=O) groups excluding carboxylic acids is 1.